The maximum Gasteiger partial charge on any atom is 0.209 e. The second-order valence-electron chi connectivity index (χ2n) is 13.7. The summed E-state index contributed by atoms with van der Waals surface area (Å²) < 4.78 is 8.55. The Kier molecular flexibility index (Phi) is 58.5. The van der Waals surface area contributed by atoms with Crippen molar-refractivity contribution in [1.82, 2.24) is 4.90 Å². The summed E-state index contributed by atoms with van der Waals surface area (Å²) in [6.07, 6.45) is 25.5. The van der Waals surface area contributed by atoms with E-state index in [0.717, 1.165) is 6.41 Å². The van der Waals surface area contributed by atoms with Crippen LogP contribution in [0.5, 0.6) is 0 Å². The summed E-state index contributed by atoms with van der Waals surface area (Å²) in [6.45, 7) is 33.2. The van der Waals surface area contributed by atoms with E-state index < -0.39 is 7.82 Å². The largest absolute Gasteiger partial charge is 0.822 e. The fraction of sp³-hybridized carbons (Fsp3) is 0.974. The van der Waals surface area contributed by atoms with Gasteiger partial charge in [0, 0.05) is 14.1 Å². The van der Waals surface area contributed by atoms with Crippen LogP contribution >= 0.6 is 7.82 Å². The predicted molar refractivity (Wildman–Crippen MR) is 208 cm³/mol. The number of hydrogen-bond donors (Lipinski definition) is 3. The van der Waals surface area contributed by atoms with Gasteiger partial charge >= 0.3 is 0 Å². The molecule has 0 unspecified atom stereocenters. The van der Waals surface area contributed by atoms with Gasteiger partial charge in [0.1, 0.15) is 0 Å². The zero-order valence-electron chi connectivity index (χ0n) is 35.1. The summed E-state index contributed by atoms with van der Waals surface area (Å²) in [7, 11) is -2.01. The maximum absolute atomic E-state index is 9.43. The molecule has 0 aromatic heterocycles. The van der Waals surface area contributed by atoms with Gasteiger partial charge in [0.25, 0.3) is 0 Å². The first-order valence-electron chi connectivity index (χ1n) is 20.7. The molecule has 0 aliphatic heterocycles. The minimum Gasteiger partial charge on any atom is -0.822 e. The third-order valence-electron chi connectivity index (χ3n) is 8.17. The van der Waals surface area contributed by atoms with Gasteiger partial charge in [-0.25, -0.2) is 0 Å². The average Bonchev–Trinajstić information content (AvgIpc) is 3.07. The van der Waals surface area contributed by atoms with Crippen LogP contribution in [0.4, 0.5) is 0 Å². The number of phosphoric acid groups is 1. The zero-order chi connectivity index (χ0) is 38.6. The van der Waals surface area contributed by atoms with E-state index in [-0.39, 0.29) is 0 Å². The molecule has 0 fully saturated rings. The Bertz CT molecular complexity index is 504. The number of quaternary nitrogens is 3. The maximum atomic E-state index is 9.43. The van der Waals surface area contributed by atoms with E-state index in [4.69, 9.17) is 19.2 Å². The van der Waals surface area contributed by atoms with Crippen LogP contribution in [0.25, 0.3) is 0 Å². The average molecular weight is 727 g/mol. The second kappa shape index (κ2) is 49.6. The van der Waals surface area contributed by atoms with Crippen LogP contribution in [-0.2, 0) is 9.36 Å². The highest BCUT2D eigenvalue weighted by Crippen LogP contribution is 2.03. The lowest BCUT2D eigenvalue weighted by molar-refractivity contribution is -0.900. The minimum absolute atomic E-state index is 0.750. The number of nitrogens with zero attached hydrogens (tertiary/aromatic N) is 1. The quantitative estimate of drug-likeness (QED) is 0.0840. The number of rotatable bonds is 28. The molecular weight excluding hydrogens is 635 g/mol. The van der Waals surface area contributed by atoms with Crippen molar-refractivity contribution in [3.8, 4) is 0 Å². The second-order valence-corrected chi connectivity index (χ2v) is 14.6. The molecule has 302 valence electrons. The Morgan fingerprint density at radius 1 is 0.408 bits per heavy atom. The van der Waals surface area contributed by atoms with Crippen molar-refractivity contribution in [2.75, 3.05) is 73.0 Å². The third-order valence-corrected chi connectivity index (χ3v) is 8.17. The third kappa shape index (κ3) is 69.9. The first-order valence-corrected chi connectivity index (χ1v) is 22.1. The molecule has 0 aromatic rings. The van der Waals surface area contributed by atoms with Gasteiger partial charge in [-0.2, -0.15) is 7.82 Å². The van der Waals surface area contributed by atoms with Crippen molar-refractivity contribution in [3.05, 3.63) is 0 Å². The monoisotopic (exact) mass is 727 g/mol. The Hall–Kier alpha value is -0.540. The number of hydrogen-bond acceptors (Lipinski definition) is 5. The van der Waals surface area contributed by atoms with E-state index in [9.17, 15) is 4.79 Å². The standard InChI is InChI=1S/3C12H27N.C3H7NO.H3O4P/c3*1-4-7-10-13(11-8-5-2)12-9-6-3;1-4(2)3-5;1-5(2,3)4/h3*4-12H2,1-3H3;3H,1-2H3;(H3,1,2,3,4). The highest BCUT2D eigenvalue weighted by molar-refractivity contribution is 7.40. The zero-order valence-corrected chi connectivity index (χ0v) is 36.0. The lowest BCUT2D eigenvalue weighted by Crippen LogP contribution is -3.12. The van der Waals surface area contributed by atoms with Crippen molar-refractivity contribution in [2.45, 2.75) is 178 Å². The molecule has 3 N–H and O–H groups in total. The van der Waals surface area contributed by atoms with Gasteiger partial charge in [0.15, 0.2) is 0 Å². The van der Waals surface area contributed by atoms with E-state index in [1.807, 2.05) is 14.7 Å². The lowest BCUT2D eigenvalue weighted by Gasteiger charge is -2.36. The summed E-state index contributed by atoms with van der Waals surface area (Å²) >= 11 is 0. The van der Waals surface area contributed by atoms with Crippen molar-refractivity contribution in [2.24, 2.45) is 0 Å². The highest BCUT2D eigenvalue weighted by Gasteiger charge is 2.07. The first kappa shape index (κ1) is 57.8. The molecule has 9 nitrogen and oxygen atoms in total. The fourth-order valence-corrected chi connectivity index (χ4v) is 4.97. The van der Waals surface area contributed by atoms with Crippen molar-refractivity contribution in [3.63, 3.8) is 0 Å². The van der Waals surface area contributed by atoms with Gasteiger partial charge in [0.05, 0.1) is 58.9 Å². The van der Waals surface area contributed by atoms with Gasteiger partial charge in [0.2, 0.25) is 6.41 Å². The van der Waals surface area contributed by atoms with Crippen molar-refractivity contribution in [1.29, 1.82) is 0 Å². The van der Waals surface area contributed by atoms with Crippen LogP contribution < -0.4 is 29.4 Å². The Morgan fingerprint density at radius 2 is 0.510 bits per heavy atom. The molecule has 0 radical (unpaired) electrons. The molecular formula is C39H91N4O5P. The Balaban J connectivity index is -0.000000173. The summed E-state index contributed by atoms with van der Waals surface area (Å²) in [5, 5.41) is 0. The summed E-state index contributed by atoms with van der Waals surface area (Å²) in [5.74, 6) is 0. The summed E-state index contributed by atoms with van der Waals surface area (Å²) in [6, 6.07) is 0. The number of carbonyl (C=O) groups is 1. The van der Waals surface area contributed by atoms with E-state index in [0.29, 0.717) is 0 Å². The minimum atomic E-state index is -5.39. The van der Waals surface area contributed by atoms with E-state index in [1.54, 1.807) is 14.1 Å². The van der Waals surface area contributed by atoms with Gasteiger partial charge in [-0.1, -0.05) is 120 Å². The highest BCUT2D eigenvalue weighted by atomic mass is 31.2. The fourth-order valence-electron chi connectivity index (χ4n) is 4.97. The van der Waals surface area contributed by atoms with Gasteiger partial charge in [-0.3, -0.25) is 4.79 Å². The van der Waals surface area contributed by atoms with Gasteiger partial charge in [-0.15, -0.1) is 0 Å². The Labute approximate surface area is 308 Å². The molecule has 0 saturated carbocycles. The molecule has 0 atom stereocenters. The van der Waals surface area contributed by atoms with Crippen LogP contribution in [0.15, 0.2) is 0 Å². The summed E-state index contributed by atoms with van der Waals surface area (Å²) in [4.78, 5) is 42.0. The van der Waals surface area contributed by atoms with Crippen molar-refractivity contribution < 1.29 is 38.7 Å². The van der Waals surface area contributed by atoms with Crippen molar-refractivity contribution >= 4 is 14.2 Å². The number of amides is 1. The molecule has 0 heterocycles. The summed E-state index contributed by atoms with van der Waals surface area (Å²) in [5.41, 5.74) is 0. The smallest absolute Gasteiger partial charge is 0.209 e. The van der Waals surface area contributed by atoms with Crippen LogP contribution in [0.3, 0.4) is 0 Å². The van der Waals surface area contributed by atoms with Crippen LogP contribution in [0.2, 0.25) is 0 Å². The molecule has 1 amide bonds. The number of nitrogens with one attached hydrogen (secondary N) is 3. The molecule has 0 aliphatic rings. The topological polar surface area (TPSA) is 120 Å². The molecule has 49 heavy (non-hydrogen) atoms. The lowest BCUT2D eigenvalue weighted by atomic mass is 10.2. The predicted octanol–water partition coefficient (Wildman–Crippen LogP) is 3.69. The Morgan fingerprint density at radius 3 is 0.571 bits per heavy atom. The van der Waals surface area contributed by atoms with Crippen LogP contribution in [-0.4, -0.2) is 84.3 Å². The van der Waals surface area contributed by atoms with E-state index in [2.05, 4.69) is 62.3 Å². The SMILES string of the molecule is CCCC[NH+](CCCC)CCCC.CCCC[NH+](CCCC)CCCC.CCCC[NH+](CCCC)CCCC.CN(C)C=O.O=P([O-])([O-])[O-]. The van der Waals surface area contributed by atoms with Crippen LogP contribution in [0, 0.1) is 0 Å². The number of unbranched alkanes of at least 4 members (excludes halogenated alkanes) is 9. The molecule has 0 rings (SSSR count). The molecule has 0 aliphatic carbocycles. The van der Waals surface area contributed by atoms with Gasteiger partial charge < -0.3 is 38.8 Å². The normalized spacial score (nSPS) is 10.7. The van der Waals surface area contributed by atoms with E-state index in [1.165, 1.54) is 179 Å². The molecule has 10 heteroatoms. The number of carbonyl (C=O) groups excluding carboxylic acids is 1. The molecule has 0 aromatic carbocycles. The molecule has 0 spiro atoms. The van der Waals surface area contributed by atoms with Crippen LogP contribution in [0.1, 0.15) is 178 Å². The first-order chi connectivity index (χ1) is 23.3. The van der Waals surface area contributed by atoms with E-state index >= 15 is 0 Å². The molecule has 0 bridgehead atoms. The van der Waals surface area contributed by atoms with Gasteiger partial charge in [-0.05, 0) is 57.8 Å². The molecule has 0 saturated heterocycles.